The Morgan fingerprint density at radius 2 is 1.74 bits per heavy atom. The summed E-state index contributed by atoms with van der Waals surface area (Å²) in [6.45, 7) is 13.3. The van der Waals surface area contributed by atoms with Crippen LogP contribution in [0.4, 0.5) is 0 Å². The van der Waals surface area contributed by atoms with Gasteiger partial charge in [-0.05, 0) is 72.1 Å². The van der Waals surface area contributed by atoms with Crippen LogP contribution in [-0.2, 0) is 0 Å². The molecule has 0 atom stereocenters. The van der Waals surface area contributed by atoms with Gasteiger partial charge in [-0.15, -0.1) is 0 Å². The van der Waals surface area contributed by atoms with Crippen molar-refractivity contribution in [1.82, 2.24) is 4.57 Å². The van der Waals surface area contributed by atoms with Gasteiger partial charge < -0.3 is 19.1 Å². The third-order valence-corrected chi connectivity index (χ3v) is 6.15. The van der Waals surface area contributed by atoms with E-state index in [0.29, 0.717) is 23.3 Å². The second kappa shape index (κ2) is 14.7. The number of ether oxygens (including phenoxy) is 2. The first-order valence-electron chi connectivity index (χ1n) is 13.2. The van der Waals surface area contributed by atoms with E-state index in [9.17, 15) is 9.90 Å². The van der Waals surface area contributed by atoms with Gasteiger partial charge in [-0.2, -0.15) is 0 Å². The Hall–Kier alpha value is -2.69. The Kier molecular flexibility index (Phi) is 11.9. The van der Waals surface area contributed by atoms with E-state index >= 15 is 0 Å². The number of pyridine rings is 1. The van der Waals surface area contributed by atoms with Crippen LogP contribution < -0.4 is 15.0 Å². The van der Waals surface area contributed by atoms with Crippen LogP contribution in [0, 0.1) is 0 Å². The summed E-state index contributed by atoms with van der Waals surface area (Å²) in [4.78, 5) is 13.3. The number of hydrogen-bond donors (Lipinski definition) is 1. The predicted molar refractivity (Wildman–Crippen MR) is 147 cm³/mol. The number of aromatic nitrogens is 1. The van der Waals surface area contributed by atoms with Crippen molar-refractivity contribution in [2.45, 2.75) is 99.0 Å². The van der Waals surface area contributed by atoms with Gasteiger partial charge in [0.1, 0.15) is 12.4 Å². The number of nitrogens with zero attached hydrogens (tertiary/aromatic N) is 1. The third-order valence-electron chi connectivity index (χ3n) is 6.15. The second-order valence-electron chi connectivity index (χ2n) is 9.92. The van der Waals surface area contributed by atoms with Crippen LogP contribution in [0.3, 0.4) is 0 Å². The number of rotatable bonds is 15. The highest BCUT2D eigenvalue weighted by atomic mass is 16.5. The highest BCUT2D eigenvalue weighted by Gasteiger charge is 2.19. The predicted octanol–water partition coefficient (Wildman–Crippen LogP) is 8.10. The molecule has 1 aromatic carbocycles. The van der Waals surface area contributed by atoms with Gasteiger partial charge in [0.2, 0.25) is 5.75 Å². The summed E-state index contributed by atoms with van der Waals surface area (Å²) in [7, 11) is 0. The van der Waals surface area contributed by atoms with Gasteiger partial charge in [0, 0.05) is 17.5 Å². The summed E-state index contributed by atoms with van der Waals surface area (Å²) in [6, 6.07) is 5.42. The minimum atomic E-state index is -0.325. The van der Waals surface area contributed by atoms with Gasteiger partial charge in [-0.25, -0.2) is 0 Å². The topological polar surface area (TPSA) is 60.7 Å². The molecule has 2 rings (SSSR count). The van der Waals surface area contributed by atoms with E-state index in [4.69, 9.17) is 9.47 Å². The number of fused-ring (bicyclic) bond motifs is 1. The summed E-state index contributed by atoms with van der Waals surface area (Å²) >= 11 is 0. The van der Waals surface area contributed by atoms with Gasteiger partial charge in [0.15, 0.2) is 5.75 Å². The fourth-order valence-corrected chi connectivity index (χ4v) is 4.12. The summed E-state index contributed by atoms with van der Waals surface area (Å²) in [6.07, 6.45) is 13.3. The molecule has 1 heterocycles. The van der Waals surface area contributed by atoms with Gasteiger partial charge in [0.05, 0.1) is 12.1 Å². The van der Waals surface area contributed by atoms with Crippen LogP contribution in [0.1, 0.15) is 99.0 Å². The lowest BCUT2D eigenvalue weighted by atomic mass is 10.1. The molecule has 35 heavy (non-hydrogen) atoms. The molecule has 0 radical (unpaired) electrons. The molecule has 1 N–H and O–H groups in total. The standard InChI is InChI=1S/C30H45NO4/c1-7-8-9-10-11-12-19-34-25-16-17-26-27(21-25)31(23(4)5)30(33)29(28(26)32)35-20-18-24(6)15-13-14-22(2)3/h14,16-18,21,23,32H,7-13,15,19-20H2,1-6H3/b24-18+. The lowest BCUT2D eigenvalue weighted by Gasteiger charge is -2.18. The summed E-state index contributed by atoms with van der Waals surface area (Å²) in [5.74, 6) is 0.600. The Labute approximate surface area is 211 Å². The third kappa shape index (κ3) is 8.79. The lowest BCUT2D eigenvalue weighted by molar-refractivity contribution is 0.304. The fourth-order valence-electron chi connectivity index (χ4n) is 4.12. The molecule has 0 saturated heterocycles. The number of benzene rings is 1. The molecule has 5 heteroatoms. The van der Waals surface area contributed by atoms with E-state index in [1.54, 1.807) is 4.57 Å². The first-order valence-corrected chi connectivity index (χ1v) is 13.2. The zero-order valence-corrected chi connectivity index (χ0v) is 22.7. The van der Waals surface area contributed by atoms with E-state index in [1.807, 2.05) is 38.1 Å². The zero-order valence-electron chi connectivity index (χ0n) is 22.7. The number of aromatic hydroxyl groups is 1. The zero-order chi connectivity index (χ0) is 25.8. The Morgan fingerprint density at radius 3 is 2.43 bits per heavy atom. The molecule has 2 aromatic rings. The molecule has 0 aliphatic rings. The van der Waals surface area contributed by atoms with Gasteiger partial charge in [0.25, 0.3) is 5.56 Å². The van der Waals surface area contributed by atoms with Crippen molar-refractivity contribution < 1.29 is 14.6 Å². The smallest absolute Gasteiger partial charge is 0.297 e. The van der Waals surface area contributed by atoms with Crippen molar-refractivity contribution >= 4 is 10.9 Å². The molecular formula is C30H45NO4. The molecule has 0 fully saturated rings. The summed E-state index contributed by atoms with van der Waals surface area (Å²) < 4.78 is 13.4. The Bertz CT molecular complexity index is 1060. The maximum Gasteiger partial charge on any atom is 0.297 e. The van der Waals surface area contributed by atoms with Gasteiger partial charge >= 0.3 is 0 Å². The molecule has 0 amide bonds. The molecule has 0 spiro atoms. The maximum absolute atomic E-state index is 13.3. The molecular weight excluding hydrogens is 438 g/mol. The molecule has 0 aliphatic heterocycles. The van der Waals surface area contributed by atoms with E-state index in [-0.39, 0.29) is 29.7 Å². The number of unbranched alkanes of at least 4 members (excludes halogenated alkanes) is 5. The van der Waals surface area contributed by atoms with E-state index < -0.39 is 0 Å². The molecule has 1 aromatic heterocycles. The molecule has 0 saturated carbocycles. The lowest BCUT2D eigenvalue weighted by Crippen LogP contribution is -2.24. The quantitative estimate of drug-likeness (QED) is 0.205. The van der Waals surface area contributed by atoms with Crippen LogP contribution >= 0.6 is 0 Å². The van der Waals surface area contributed by atoms with E-state index in [0.717, 1.165) is 25.7 Å². The SMILES string of the molecule is CCCCCCCCOc1ccc2c(O)c(OC/C=C(\C)CCC=C(C)C)c(=O)n(C(C)C)c2c1. The largest absolute Gasteiger partial charge is 0.504 e. The van der Waals surface area contributed by atoms with Crippen molar-refractivity contribution in [3.8, 4) is 17.2 Å². The van der Waals surface area contributed by atoms with Gasteiger partial charge in [-0.3, -0.25) is 4.79 Å². The molecule has 0 bridgehead atoms. The first-order chi connectivity index (χ1) is 16.8. The Balaban J connectivity index is 2.17. The number of allylic oxidation sites excluding steroid dienone is 3. The van der Waals surface area contributed by atoms with Crippen molar-refractivity contribution in [2.24, 2.45) is 0 Å². The molecule has 0 aliphatic carbocycles. The van der Waals surface area contributed by atoms with Crippen LogP contribution in [0.25, 0.3) is 10.9 Å². The van der Waals surface area contributed by atoms with Crippen molar-refractivity contribution in [3.63, 3.8) is 0 Å². The van der Waals surface area contributed by atoms with E-state index in [1.165, 1.54) is 36.8 Å². The Morgan fingerprint density at radius 1 is 1.03 bits per heavy atom. The summed E-state index contributed by atoms with van der Waals surface area (Å²) in [5.41, 5.74) is 2.83. The van der Waals surface area contributed by atoms with Crippen LogP contribution in [0.2, 0.25) is 0 Å². The van der Waals surface area contributed by atoms with Crippen LogP contribution in [0.15, 0.2) is 46.3 Å². The second-order valence-corrected chi connectivity index (χ2v) is 9.92. The highest BCUT2D eigenvalue weighted by Crippen LogP contribution is 2.34. The minimum Gasteiger partial charge on any atom is -0.504 e. The van der Waals surface area contributed by atoms with Crippen LogP contribution in [0.5, 0.6) is 17.2 Å². The molecule has 194 valence electrons. The number of hydrogen-bond acceptors (Lipinski definition) is 4. The average Bonchev–Trinajstić information content (AvgIpc) is 2.80. The van der Waals surface area contributed by atoms with Crippen LogP contribution in [-0.4, -0.2) is 22.9 Å². The normalized spacial score (nSPS) is 11.8. The monoisotopic (exact) mass is 483 g/mol. The van der Waals surface area contributed by atoms with Crippen molar-refractivity contribution in [3.05, 3.63) is 51.9 Å². The fraction of sp³-hybridized carbons (Fsp3) is 0.567. The van der Waals surface area contributed by atoms with Gasteiger partial charge in [-0.1, -0.05) is 56.3 Å². The van der Waals surface area contributed by atoms with Crippen molar-refractivity contribution in [1.29, 1.82) is 0 Å². The summed E-state index contributed by atoms with van der Waals surface area (Å²) in [5, 5.41) is 11.5. The highest BCUT2D eigenvalue weighted by molar-refractivity contribution is 5.88. The first kappa shape index (κ1) is 28.5. The molecule has 5 nitrogen and oxygen atoms in total. The minimum absolute atomic E-state index is 0.000274. The average molecular weight is 484 g/mol. The molecule has 0 unspecified atom stereocenters. The van der Waals surface area contributed by atoms with Crippen molar-refractivity contribution in [2.75, 3.05) is 13.2 Å². The van der Waals surface area contributed by atoms with E-state index in [2.05, 4.69) is 33.8 Å². The maximum atomic E-state index is 13.3.